The van der Waals surface area contributed by atoms with Crippen LogP contribution in [0.1, 0.15) is 15.9 Å². The fourth-order valence-electron chi connectivity index (χ4n) is 0.582. The van der Waals surface area contributed by atoms with E-state index in [0.717, 1.165) is 5.56 Å². The van der Waals surface area contributed by atoms with Crippen molar-refractivity contribution in [3.8, 4) is 0 Å². The quantitative estimate of drug-likeness (QED) is 0.628. The first-order valence-electron chi connectivity index (χ1n) is 2.84. The largest absolute Gasteiger partial charge is 0.477 e. The van der Waals surface area contributed by atoms with Crippen LogP contribution in [-0.4, -0.2) is 11.1 Å². The van der Waals surface area contributed by atoms with Gasteiger partial charge in [0.1, 0.15) is 5.56 Å². The molecule has 50 valence electrons. The zero-order valence-electron chi connectivity index (χ0n) is 5.51. The zero-order chi connectivity index (χ0) is 7.56. The smallest absolute Gasteiger partial charge is 0.344 e. The molecule has 0 aliphatic carbocycles. The highest BCUT2D eigenvalue weighted by molar-refractivity contribution is 5.86. The van der Waals surface area contributed by atoms with E-state index < -0.39 is 5.97 Å². The van der Waals surface area contributed by atoms with Crippen LogP contribution in [-0.2, 0) is 0 Å². The lowest BCUT2D eigenvalue weighted by Gasteiger charge is -1.86. The van der Waals surface area contributed by atoms with E-state index in [1.54, 1.807) is 6.07 Å². The maximum atomic E-state index is 10.3. The molecule has 0 radical (unpaired) electrons. The van der Waals surface area contributed by atoms with Gasteiger partial charge < -0.3 is 5.11 Å². The van der Waals surface area contributed by atoms with Crippen LogP contribution in [0.4, 0.5) is 0 Å². The van der Waals surface area contributed by atoms with E-state index in [-0.39, 0.29) is 5.56 Å². The van der Waals surface area contributed by atoms with Gasteiger partial charge in [0.25, 0.3) is 0 Å². The number of carbonyl (C=O) groups is 1. The zero-order valence-corrected chi connectivity index (χ0v) is 5.51. The topological polar surface area (TPSA) is 37.3 Å². The summed E-state index contributed by atoms with van der Waals surface area (Å²) in [5, 5.41) is 8.42. The van der Waals surface area contributed by atoms with Crippen molar-refractivity contribution in [2.75, 3.05) is 0 Å². The van der Waals surface area contributed by atoms with Crippen molar-refractivity contribution >= 4 is 5.97 Å². The number of hydrogen-bond acceptors (Lipinski definition) is 1. The van der Waals surface area contributed by atoms with Crippen molar-refractivity contribution in [2.24, 2.45) is 0 Å². The van der Waals surface area contributed by atoms with Crippen molar-refractivity contribution in [2.45, 2.75) is 6.92 Å². The molecule has 0 amide bonds. The Morgan fingerprint density at radius 2 is 2.20 bits per heavy atom. The van der Waals surface area contributed by atoms with Crippen molar-refractivity contribution in [1.29, 1.82) is 0 Å². The van der Waals surface area contributed by atoms with E-state index in [1.165, 1.54) is 6.07 Å². The molecule has 0 aromatic heterocycles. The first-order valence-corrected chi connectivity index (χ1v) is 2.84. The van der Waals surface area contributed by atoms with E-state index >= 15 is 0 Å². The van der Waals surface area contributed by atoms with E-state index in [0.29, 0.717) is 0 Å². The number of aromatic carboxylic acids is 1. The molecule has 0 unspecified atom stereocenters. The summed E-state index contributed by atoms with van der Waals surface area (Å²) >= 11 is 0. The number of aryl methyl sites for hydroxylation is 1. The monoisotopic (exact) mass is 134 g/mol. The van der Waals surface area contributed by atoms with Crippen LogP contribution in [0.3, 0.4) is 0 Å². The molecule has 1 rings (SSSR count). The molecule has 1 N–H and O–H groups in total. The van der Waals surface area contributed by atoms with Gasteiger partial charge in [0.15, 0.2) is 0 Å². The first kappa shape index (κ1) is 6.63. The molecular weight excluding hydrogens is 128 g/mol. The Morgan fingerprint density at radius 1 is 1.50 bits per heavy atom. The lowest BCUT2D eigenvalue weighted by Crippen LogP contribution is -1.93. The second-order valence-electron chi connectivity index (χ2n) is 1.99. The van der Waals surface area contributed by atoms with Crippen LogP contribution in [0.5, 0.6) is 0 Å². The van der Waals surface area contributed by atoms with E-state index in [9.17, 15) is 4.79 Å². The standard InChI is InChI=1S/C8H6O2/c1-6-2-4-7(5-3-6)8(9)10/h2,4H,1H3,(H,9,10). The van der Waals surface area contributed by atoms with Crippen LogP contribution >= 0.6 is 0 Å². The molecule has 1 aromatic carbocycles. The third-order valence-corrected chi connectivity index (χ3v) is 1.12. The van der Waals surface area contributed by atoms with Gasteiger partial charge in [-0.1, -0.05) is 12.1 Å². The Labute approximate surface area is 59.1 Å². The van der Waals surface area contributed by atoms with Crippen molar-refractivity contribution in [1.82, 2.24) is 0 Å². The highest BCUT2D eigenvalue weighted by Crippen LogP contribution is 1.95. The Balaban J connectivity index is 3.00. The summed E-state index contributed by atoms with van der Waals surface area (Å²) in [6, 6.07) is 8.39. The van der Waals surface area contributed by atoms with Gasteiger partial charge in [0.2, 0.25) is 0 Å². The van der Waals surface area contributed by atoms with Crippen LogP contribution in [0, 0.1) is 19.1 Å². The molecular formula is C8H6O2. The summed E-state index contributed by atoms with van der Waals surface area (Å²) in [6.45, 7) is 1.84. The van der Waals surface area contributed by atoms with Gasteiger partial charge in [-0.3, -0.25) is 0 Å². The molecule has 0 atom stereocenters. The van der Waals surface area contributed by atoms with Gasteiger partial charge in [-0.2, -0.15) is 0 Å². The normalized spacial score (nSPS) is 8.50. The van der Waals surface area contributed by atoms with E-state index in [2.05, 4.69) is 12.1 Å². The summed E-state index contributed by atoms with van der Waals surface area (Å²) in [4.78, 5) is 10.3. The van der Waals surface area contributed by atoms with Gasteiger partial charge in [-0.15, -0.1) is 0 Å². The van der Waals surface area contributed by atoms with E-state index in [1.807, 2.05) is 6.92 Å². The second kappa shape index (κ2) is 2.40. The van der Waals surface area contributed by atoms with Gasteiger partial charge in [0.05, 0.1) is 0 Å². The van der Waals surface area contributed by atoms with Gasteiger partial charge >= 0.3 is 5.97 Å². The SMILES string of the molecule is Cc1c#cc(C(=O)O)cc1. The number of rotatable bonds is 1. The summed E-state index contributed by atoms with van der Waals surface area (Å²) in [6.07, 6.45) is 0. The Hall–Kier alpha value is -1.49. The number of carboxylic acids is 1. The predicted octanol–water partition coefficient (Wildman–Crippen LogP) is 1.29. The predicted molar refractivity (Wildman–Crippen MR) is 35.8 cm³/mol. The number of carboxylic acid groups (broad SMARTS) is 1. The van der Waals surface area contributed by atoms with Crippen LogP contribution in [0.25, 0.3) is 0 Å². The molecule has 0 spiro atoms. The average molecular weight is 134 g/mol. The molecule has 1 aromatic rings. The summed E-state index contributed by atoms with van der Waals surface area (Å²) < 4.78 is 0. The van der Waals surface area contributed by atoms with Crippen molar-refractivity contribution in [3.63, 3.8) is 0 Å². The molecule has 0 saturated carbocycles. The van der Waals surface area contributed by atoms with Crippen LogP contribution < -0.4 is 0 Å². The van der Waals surface area contributed by atoms with Crippen molar-refractivity contribution in [3.05, 3.63) is 35.4 Å². The minimum Gasteiger partial charge on any atom is -0.477 e. The van der Waals surface area contributed by atoms with Gasteiger partial charge in [0, 0.05) is 0 Å². The van der Waals surface area contributed by atoms with Gasteiger partial charge in [-0.25, -0.2) is 4.79 Å². The molecule has 0 bridgehead atoms. The first-order chi connectivity index (χ1) is 4.70. The van der Waals surface area contributed by atoms with Crippen LogP contribution in [0.2, 0.25) is 0 Å². The Kier molecular flexibility index (Phi) is 1.59. The average Bonchev–Trinajstić information content (AvgIpc) is 1.88. The van der Waals surface area contributed by atoms with Crippen molar-refractivity contribution < 1.29 is 9.90 Å². The highest BCUT2D eigenvalue weighted by atomic mass is 16.4. The fourth-order valence-corrected chi connectivity index (χ4v) is 0.582. The molecule has 0 saturated heterocycles. The Bertz CT molecular complexity index is 236. The second-order valence-corrected chi connectivity index (χ2v) is 1.99. The molecule has 2 nitrogen and oxygen atoms in total. The third-order valence-electron chi connectivity index (χ3n) is 1.12. The lowest BCUT2D eigenvalue weighted by atomic mass is 10.2. The Morgan fingerprint density at radius 3 is 2.60 bits per heavy atom. The summed E-state index contributed by atoms with van der Waals surface area (Å²) in [7, 11) is 0. The summed E-state index contributed by atoms with van der Waals surface area (Å²) in [5.41, 5.74) is 1.05. The minimum atomic E-state index is -0.962. The maximum absolute atomic E-state index is 10.3. The van der Waals surface area contributed by atoms with E-state index in [4.69, 9.17) is 5.11 Å². The van der Waals surface area contributed by atoms with Crippen LogP contribution in [0.15, 0.2) is 12.1 Å². The lowest BCUT2D eigenvalue weighted by molar-refractivity contribution is 0.0697. The molecule has 0 aliphatic rings. The minimum absolute atomic E-state index is 0.158. The molecule has 2 heteroatoms. The highest BCUT2D eigenvalue weighted by Gasteiger charge is 1.97. The maximum Gasteiger partial charge on any atom is 0.344 e. The third kappa shape index (κ3) is 1.26. The molecule has 10 heavy (non-hydrogen) atoms. The molecule has 0 heterocycles. The molecule has 0 aliphatic heterocycles. The molecule has 0 fully saturated rings. The van der Waals surface area contributed by atoms with Gasteiger partial charge in [-0.05, 0) is 24.6 Å². The number of hydrogen-bond donors (Lipinski definition) is 1. The summed E-state index contributed by atoms with van der Waals surface area (Å²) in [5.74, 6) is -0.962. The fraction of sp³-hybridized carbons (Fsp3) is 0.125.